The third-order valence-electron chi connectivity index (χ3n) is 0. The summed E-state index contributed by atoms with van der Waals surface area (Å²) in [6.45, 7) is 0. The molecule has 0 aliphatic heterocycles. The molecule has 0 fully saturated rings. The minimum atomic E-state index is 0. The van der Waals surface area contributed by atoms with Gasteiger partial charge in [-0.2, -0.15) is 0 Å². The van der Waals surface area contributed by atoms with Crippen LogP contribution in [0.2, 0.25) is 0 Å². The zero-order valence-corrected chi connectivity index (χ0v) is 6.36. The molecule has 0 bridgehead atoms. The molecule has 0 atom stereocenters. The molecule has 50 valence electrons. The van der Waals surface area contributed by atoms with E-state index >= 15 is 0 Å². The summed E-state index contributed by atoms with van der Waals surface area (Å²) in [7, 11) is 0. The summed E-state index contributed by atoms with van der Waals surface area (Å²) in [5, 5.41) is 0. The molecule has 0 rings (SSSR count). The summed E-state index contributed by atoms with van der Waals surface area (Å²) >= 11 is 0. The van der Waals surface area contributed by atoms with E-state index in [4.69, 9.17) is 0 Å². The van der Waals surface area contributed by atoms with Crippen molar-refractivity contribution < 1.29 is 19.8 Å². The van der Waals surface area contributed by atoms with Crippen molar-refractivity contribution in [1.29, 1.82) is 0 Å². The van der Waals surface area contributed by atoms with Crippen LogP contribution in [-0.4, -0.2) is 0 Å². The van der Waals surface area contributed by atoms with Gasteiger partial charge in [0.2, 0.25) is 0 Å². The topological polar surface area (TPSA) is 201 Å². The summed E-state index contributed by atoms with van der Waals surface area (Å²) < 4.78 is 0. The second-order valence-corrected chi connectivity index (χ2v) is 0. The van der Waals surface area contributed by atoms with E-state index in [9.17, 15) is 0 Å². The number of hydrogen-bond acceptors (Lipinski definition) is 0. The van der Waals surface area contributed by atoms with Crippen LogP contribution in [0.1, 0.15) is 0 Å². The molecule has 0 unspecified atom stereocenters. The Morgan fingerprint density at radius 3 is 0.286 bits per heavy atom. The summed E-state index contributed by atoms with van der Waals surface area (Å²) in [6.07, 6.45) is 0. The Kier molecular flexibility index (Phi) is 326000. The molecule has 0 amide bonds. The van der Waals surface area contributed by atoms with Gasteiger partial charge in [0.15, 0.2) is 0 Å². The summed E-state index contributed by atoms with van der Waals surface area (Å²) in [6, 6.07) is 0. The van der Waals surface area contributed by atoms with Crippen LogP contribution < -0.4 is 0 Å². The van der Waals surface area contributed by atoms with E-state index in [0.29, 0.717) is 0 Å². The summed E-state index contributed by atoms with van der Waals surface area (Å²) in [4.78, 5) is 0. The molecule has 0 aliphatic carbocycles. The first-order valence-electron chi connectivity index (χ1n) is 0. The SMILES string of the molecule is [NH2-].[NH2-].[NH2-].[NH2-].[NH2-].[NH2-].[Os+6]. The first-order valence-corrected chi connectivity index (χ1v) is 0. The van der Waals surface area contributed by atoms with E-state index in [1.807, 2.05) is 0 Å². The smallest absolute Gasteiger partial charge is 0.693 e. The Bertz CT molecular complexity index is 4.14. The average Bonchev–Trinajstić information content (AvgIpc) is 0. The minimum Gasteiger partial charge on any atom is -0.693 e. The Balaban J connectivity index is 0. The quantitative estimate of drug-likeness (QED) is 0.610. The number of hydrogen-bond donors (Lipinski definition) is 0. The number of rotatable bonds is 0. The Morgan fingerprint density at radius 2 is 0.286 bits per heavy atom. The molecular formula is H12N6Os. The normalized spacial score (nSPS) is 0. The molecule has 0 saturated carbocycles. The standard InChI is InChI=1S/6H2N.Os/h6*1H2;/q6*-1;+6. The van der Waals surface area contributed by atoms with Gasteiger partial charge in [-0.25, -0.2) is 0 Å². The number of nitrogens with two attached hydrogens (primary N) is 6. The second kappa shape index (κ2) is 1190. The van der Waals surface area contributed by atoms with E-state index < -0.39 is 0 Å². The summed E-state index contributed by atoms with van der Waals surface area (Å²) in [5.74, 6) is 0. The van der Waals surface area contributed by atoms with E-state index in [2.05, 4.69) is 0 Å². The van der Waals surface area contributed by atoms with Crippen molar-refractivity contribution in [1.82, 2.24) is 0 Å². The molecular weight excluding hydrogens is 274 g/mol. The molecule has 0 aromatic rings. The zero-order valence-electron chi connectivity index (χ0n) is 3.82. The fraction of sp³-hybridized carbons (Fsp3) is 0. The molecule has 12 N–H and O–H groups in total. The van der Waals surface area contributed by atoms with Gasteiger partial charge < -0.3 is 36.9 Å². The second-order valence-electron chi connectivity index (χ2n) is 0. The first kappa shape index (κ1) is 1930. The van der Waals surface area contributed by atoms with Crippen molar-refractivity contribution in [2.45, 2.75) is 0 Å². The fourth-order valence-corrected chi connectivity index (χ4v) is 0. The fourth-order valence-electron chi connectivity index (χ4n) is 0. The average molecular weight is 286 g/mol. The summed E-state index contributed by atoms with van der Waals surface area (Å²) in [5.41, 5.74) is 0. The molecule has 0 radical (unpaired) electrons. The minimum absolute atomic E-state index is 0. The third-order valence-corrected chi connectivity index (χ3v) is 0. The van der Waals surface area contributed by atoms with Gasteiger partial charge >= 0.3 is 19.8 Å². The molecule has 0 spiro atoms. The Morgan fingerprint density at radius 1 is 0.286 bits per heavy atom. The van der Waals surface area contributed by atoms with Gasteiger partial charge in [-0.15, -0.1) is 0 Å². The predicted octanol–water partition coefficient (Wildman–Crippen LogP) is 4.30. The van der Waals surface area contributed by atoms with Crippen molar-refractivity contribution in [3.05, 3.63) is 36.9 Å². The van der Waals surface area contributed by atoms with Crippen molar-refractivity contribution in [2.24, 2.45) is 0 Å². The maximum absolute atomic E-state index is 0. The van der Waals surface area contributed by atoms with Gasteiger partial charge in [-0.1, -0.05) is 0 Å². The van der Waals surface area contributed by atoms with Gasteiger partial charge in [-0.05, 0) is 0 Å². The van der Waals surface area contributed by atoms with Crippen LogP contribution in [-0.2, 0) is 19.8 Å². The van der Waals surface area contributed by atoms with Crippen LogP contribution >= 0.6 is 0 Å². The molecule has 0 aromatic carbocycles. The van der Waals surface area contributed by atoms with E-state index in [0.717, 1.165) is 0 Å². The maximum Gasteiger partial charge on any atom is 6.00 e. The van der Waals surface area contributed by atoms with Crippen molar-refractivity contribution >= 4 is 0 Å². The van der Waals surface area contributed by atoms with E-state index in [1.54, 1.807) is 0 Å². The third kappa shape index (κ3) is 787. The van der Waals surface area contributed by atoms with Gasteiger partial charge in [0.25, 0.3) is 0 Å². The van der Waals surface area contributed by atoms with Crippen LogP contribution in [0.5, 0.6) is 0 Å². The van der Waals surface area contributed by atoms with Gasteiger partial charge in [0.1, 0.15) is 0 Å². The Labute approximate surface area is 57.4 Å². The van der Waals surface area contributed by atoms with Crippen LogP contribution in [0.4, 0.5) is 0 Å². The van der Waals surface area contributed by atoms with Gasteiger partial charge in [0.05, 0.1) is 0 Å². The van der Waals surface area contributed by atoms with Crippen molar-refractivity contribution in [3.8, 4) is 0 Å². The molecule has 7 heavy (non-hydrogen) atoms. The molecule has 7 heteroatoms. The van der Waals surface area contributed by atoms with Crippen LogP contribution in [0, 0.1) is 0 Å². The van der Waals surface area contributed by atoms with Gasteiger partial charge in [0, 0.05) is 0 Å². The maximum atomic E-state index is 0. The molecule has 0 aromatic heterocycles. The van der Waals surface area contributed by atoms with E-state index in [1.165, 1.54) is 0 Å². The van der Waals surface area contributed by atoms with Crippen molar-refractivity contribution in [2.75, 3.05) is 0 Å². The van der Waals surface area contributed by atoms with E-state index in [-0.39, 0.29) is 56.7 Å². The van der Waals surface area contributed by atoms with Crippen molar-refractivity contribution in [3.63, 3.8) is 0 Å². The van der Waals surface area contributed by atoms with Crippen LogP contribution in [0.15, 0.2) is 0 Å². The van der Waals surface area contributed by atoms with Gasteiger partial charge in [-0.3, -0.25) is 0 Å². The van der Waals surface area contributed by atoms with Crippen LogP contribution in [0.25, 0.3) is 36.9 Å². The monoisotopic (exact) mass is 288 g/mol. The molecule has 0 saturated heterocycles. The Hall–Kier alpha value is 0.396. The molecule has 0 aliphatic rings. The first-order chi connectivity index (χ1) is 0. The van der Waals surface area contributed by atoms with Crippen LogP contribution in [0.3, 0.4) is 0 Å². The predicted molar refractivity (Wildman–Crippen MR) is 31.7 cm³/mol. The zero-order chi connectivity index (χ0) is 0. The molecule has 6 nitrogen and oxygen atoms in total. The largest absolute Gasteiger partial charge is 6.00 e. The molecule has 0 heterocycles.